The van der Waals surface area contributed by atoms with Crippen LogP contribution in [0.25, 0.3) is 10.9 Å². The third kappa shape index (κ3) is 0.988. The zero-order chi connectivity index (χ0) is 8.84. The van der Waals surface area contributed by atoms with E-state index in [0.29, 0.717) is 6.10 Å². The topological polar surface area (TPSA) is 28.3 Å². The van der Waals surface area contributed by atoms with Crippen LogP contribution in [0, 0.1) is 6.92 Å². The molecule has 1 fully saturated rings. The van der Waals surface area contributed by atoms with Gasteiger partial charge in [-0.1, -0.05) is 18.2 Å². The number of aromatic amines is 1. The standard InChI is InChI=1S/C11H11NO/c1-7-11(10-6-13-10)8-4-2-3-5-9(8)12-7/h2-5,10,12H,6H2,1H3. The molecule has 0 spiro atoms. The fourth-order valence-corrected chi connectivity index (χ4v) is 1.93. The van der Waals surface area contributed by atoms with Gasteiger partial charge in [0.1, 0.15) is 6.10 Å². The Balaban J connectivity index is 2.35. The summed E-state index contributed by atoms with van der Waals surface area (Å²) in [7, 11) is 0. The summed E-state index contributed by atoms with van der Waals surface area (Å²) in [6.45, 7) is 2.99. The fourth-order valence-electron chi connectivity index (χ4n) is 1.93. The van der Waals surface area contributed by atoms with Crippen molar-refractivity contribution in [3.8, 4) is 0 Å². The lowest BCUT2D eigenvalue weighted by Gasteiger charge is -1.93. The van der Waals surface area contributed by atoms with E-state index < -0.39 is 0 Å². The minimum atomic E-state index is 0.344. The first-order valence-electron chi connectivity index (χ1n) is 4.55. The van der Waals surface area contributed by atoms with Gasteiger partial charge in [-0.2, -0.15) is 0 Å². The molecule has 1 unspecified atom stereocenters. The number of hydrogen-bond donors (Lipinski definition) is 1. The summed E-state index contributed by atoms with van der Waals surface area (Å²) in [6.07, 6.45) is 0.344. The van der Waals surface area contributed by atoms with E-state index >= 15 is 0 Å². The number of aryl methyl sites for hydroxylation is 1. The highest BCUT2D eigenvalue weighted by molar-refractivity contribution is 5.85. The summed E-state index contributed by atoms with van der Waals surface area (Å²) >= 11 is 0. The lowest BCUT2D eigenvalue weighted by atomic mass is 10.1. The van der Waals surface area contributed by atoms with Gasteiger partial charge in [0.25, 0.3) is 0 Å². The number of hydrogen-bond acceptors (Lipinski definition) is 1. The molecule has 1 aliphatic rings. The average molecular weight is 173 g/mol. The lowest BCUT2D eigenvalue weighted by molar-refractivity contribution is 0.416. The predicted molar refractivity (Wildman–Crippen MR) is 51.7 cm³/mol. The van der Waals surface area contributed by atoms with Crippen molar-refractivity contribution in [1.29, 1.82) is 0 Å². The molecule has 1 saturated heterocycles. The van der Waals surface area contributed by atoms with Crippen molar-refractivity contribution in [2.24, 2.45) is 0 Å². The van der Waals surface area contributed by atoms with Crippen LogP contribution in [0.15, 0.2) is 24.3 Å². The van der Waals surface area contributed by atoms with Crippen molar-refractivity contribution in [1.82, 2.24) is 4.98 Å². The molecule has 2 heterocycles. The van der Waals surface area contributed by atoms with Crippen molar-refractivity contribution in [2.75, 3.05) is 6.61 Å². The van der Waals surface area contributed by atoms with E-state index in [1.807, 2.05) is 0 Å². The van der Waals surface area contributed by atoms with E-state index in [9.17, 15) is 0 Å². The van der Waals surface area contributed by atoms with Crippen LogP contribution in [0.1, 0.15) is 17.4 Å². The van der Waals surface area contributed by atoms with Gasteiger partial charge >= 0.3 is 0 Å². The van der Waals surface area contributed by atoms with Crippen LogP contribution in [-0.4, -0.2) is 11.6 Å². The summed E-state index contributed by atoms with van der Waals surface area (Å²) in [5.74, 6) is 0. The van der Waals surface area contributed by atoms with Crippen LogP contribution in [0.4, 0.5) is 0 Å². The van der Waals surface area contributed by atoms with E-state index in [-0.39, 0.29) is 0 Å². The highest BCUT2D eigenvalue weighted by Crippen LogP contribution is 2.37. The molecule has 0 amide bonds. The maximum Gasteiger partial charge on any atom is 0.108 e. The highest BCUT2D eigenvalue weighted by Gasteiger charge is 2.29. The molecule has 0 saturated carbocycles. The normalized spacial score (nSPS) is 20.8. The number of H-pyrrole nitrogens is 1. The Hall–Kier alpha value is -1.28. The van der Waals surface area contributed by atoms with E-state index in [4.69, 9.17) is 4.74 Å². The van der Waals surface area contributed by atoms with E-state index in [1.165, 1.54) is 22.2 Å². The Morgan fingerprint density at radius 1 is 1.38 bits per heavy atom. The molecule has 13 heavy (non-hydrogen) atoms. The summed E-state index contributed by atoms with van der Waals surface area (Å²) in [4.78, 5) is 3.37. The van der Waals surface area contributed by atoms with Gasteiger partial charge in [0, 0.05) is 22.2 Å². The number of epoxide rings is 1. The largest absolute Gasteiger partial charge is 0.368 e. The Kier molecular flexibility index (Phi) is 1.30. The molecule has 1 atom stereocenters. The van der Waals surface area contributed by atoms with Crippen LogP contribution in [-0.2, 0) is 4.74 Å². The molecule has 0 aliphatic carbocycles. The van der Waals surface area contributed by atoms with Gasteiger partial charge in [0.2, 0.25) is 0 Å². The van der Waals surface area contributed by atoms with Gasteiger partial charge < -0.3 is 9.72 Å². The van der Waals surface area contributed by atoms with Crippen LogP contribution >= 0.6 is 0 Å². The third-order valence-corrected chi connectivity index (χ3v) is 2.60. The minimum absolute atomic E-state index is 0.344. The number of para-hydroxylation sites is 1. The first-order valence-corrected chi connectivity index (χ1v) is 4.55. The number of rotatable bonds is 1. The maximum atomic E-state index is 5.32. The molecule has 0 radical (unpaired) electrons. The molecule has 1 aliphatic heterocycles. The summed E-state index contributed by atoms with van der Waals surface area (Å²) in [5.41, 5.74) is 3.80. The molecule has 2 nitrogen and oxygen atoms in total. The quantitative estimate of drug-likeness (QED) is 0.659. The molecule has 2 aromatic rings. The molecule has 3 rings (SSSR count). The van der Waals surface area contributed by atoms with Gasteiger partial charge in [-0.15, -0.1) is 0 Å². The maximum absolute atomic E-state index is 5.32. The summed E-state index contributed by atoms with van der Waals surface area (Å²) in [5, 5.41) is 1.31. The van der Waals surface area contributed by atoms with Crippen molar-refractivity contribution < 1.29 is 4.74 Å². The van der Waals surface area contributed by atoms with Crippen LogP contribution in [0.5, 0.6) is 0 Å². The summed E-state index contributed by atoms with van der Waals surface area (Å²) < 4.78 is 5.32. The number of nitrogens with one attached hydrogen (secondary N) is 1. The molecule has 2 heteroatoms. The average Bonchev–Trinajstić information content (AvgIpc) is 2.88. The second kappa shape index (κ2) is 2.36. The third-order valence-electron chi connectivity index (χ3n) is 2.60. The highest BCUT2D eigenvalue weighted by atomic mass is 16.6. The predicted octanol–water partition coefficient (Wildman–Crippen LogP) is 2.55. The Bertz CT molecular complexity index is 454. The molecule has 0 bridgehead atoms. The number of ether oxygens (including phenoxy) is 1. The van der Waals surface area contributed by atoms with Crippen molar-refractivity contribution >= 4 is 10.9 Å². The molecular formula is C11H11NO. The molecular weight excluding hydrogens is 162 g/mol. The second-order valence-corrected chi connectivity index (χ2v) is 3.53. The van der Waals surface area contributed by atoms with E-state index in [2.05, 4.69) is 36.2 Å². The van der Waals surface area contributed by atoms with Gasteiger partial charge in [0.05, 0.1) is 6.61 Å². The van der Waals surface area contributed by atoms with Gasteiger partial charge in [-0.3, -0.25) is 0 Å². The molecule has 1 N–H and O–H groups in total. The van der Waals surface area contributed by atoms with Gasteiger partial charge in [-0.05, 0) is 13.0 Å². The SMILES string of the molecule is Cc1[nH]c2ccccc2c1C1CO1. The lowest BCUT2D eigenvalue weighted by Crippen LogP contribution is -1.81. The zero-order valence-electron chi connectivity index (χ0n) is 7.50. The Labute approximate surface area is 76.5 Å². The van der Waals surface area contributed by atoms with Crippen molar-refractivity contribution in [3.63, 3.8) is 0 Å². The Morgan fingerprint density at radius 2 is 2.15 bits per heavy atom. The fraction of sp³-hybridized carbons (Fsp3) is 0.273. The Morgan fingerprint density at radius 3 is 2.92 bits per heavy atom. The molecule has 1 aromatic heterocycles. The minimum Gasteiger partial charge on any atom is -0.368 e. The van der Waals surface area contributed by atoms with Crippen molar-refractivity contribution in [3.05, 3.63) is 35.5 Å². The monoisotopic (exact) mass is 173 g/mol. The van der Waals surface area contributed by atoms with Gasteiger partial charge in [0.15, 0.2) is 0 Å². The smallest absolute Gasteiger partial charge is 0.108 e. The van der Waals surface area contributed by atoms with Crippen LogP contribution < -0.4 is 0 Å². The first kappa shape index (κ1) is 7.15. The van der Waals surface area contributed by atoms with Crippen molar-refractivity contribution in [2.45, 2.75) is 13.0 Å². The van der Waals surface area contributed by atoms with Gasteiger partial charge in [-0.25, -0.2) is 0 Å². The summed E-state index contributed by atoms with van der Waals surface area (Å²) in [6, 6.07) is 8.38. The zero-order valence-corrected chi connectivity index (χ0v) is 7.50. The van der Waals surface area contributed by atoms with Crippen LogP contribution in [0.2, 0.25) is 0 Å². The second-order valence-electron chi connectivity index (χ2n) is 3.53. The van der Waals surface area contributed by atoms with Crippen LogP contribution in [0.3, 0.4) is 0 Å². The first-order chi connectivity index (χ1) is 6.36. The number of aromatic nitrogens is 1. The molecule has 1 aromatic carbocycles. The van der Waals surface area contributed by atoms with E-state index in [0.717, 1.165) is 6.61 Å². The van der Waals surface area contributed by atoms with E-state index in [1.54, 1.807) is 0 Å². The number of benzene rings is 1. The molecule has 66 valence electrons. The number of fused-ring (bicyclic) bond motifs is 1.